The van der Waals surface area contributed by atoms with Crippen LogP contribution in [0.15, 0.2) is 4.99 Å². The van der Waals surface area contributed by atoms with Crippen LogP contribution < -0.4 is 16.6 Å². The van der Waals surface area contributed by atoms with Gasteiger partial charge < -0.3 is 10.2 Å². The molecule has 16 heavy (non-hydrogen) atoms. The number of likely N-dealkylation sites (tertiary alicyclic amines) is 1. The van der Waals surface area contributed by atoms with Crippen LogP contribution in [0.25, 0.3) is 0 Å². The Bertz CT molecular complexity index is 266. The molecule has 6 nitrogen and oxygen atoms in total. The van der Waals surface area contributed by atoms with Gasteiger partial charge in [-0.3, -0.25) is 15.2 Å². The zero-order chi connectivity index (χ0) is 12.0. The van der Waals surface area contributed by atoms with Gasteiger partial charge in [0.15, 0.2) is 0 Å². The quantitative estimate of drug-likeness (QED) is 0.197. The number of unbranched alkanes of at least 4 members (excludes halogenated alkanes) is 1. The van der Waals surface area contributed by atoms with Gasteiger partial charge in [0.1, 0.15) is 6.04 Å². The number of hydrogen-bond donors (Lipinski definition) is 3. The third-order valence-corrected chi connectivity index (χ3v) is 2.66. The number of carbonyl (C=O) groups excluding carboxylic acids is 1. The molecule has 1 saturated heterocycles. The van der Waals surface area contributed by atoms with Crippen molar-refractivity contribution in [1.82, 2.24) is 15.6 Å². The third-order valence-electron chi connectivity index (χ3n) is 2.66. The maximum Gasteiger partial charge on any atom is 0.244 e. The highest BCUT2D eigenvalue weighted by molar-refractivity contribution is 5.89. The molecule has 0 radical (unpaired) electrons. The van der Waals surface area contributed by atoms with Crippen molar-refractivity contribution in [3.8, 4) is 0 Å². The van der Waals surface area contributed by atoms with Gasteiger partial charge in [-0.15, -0.1) is 0 Å². The van der Waals surface area contributed by atoms with Gasteiger partial charge >= 0.3 is 0 Å². The highest BCUT2D eigenvalue weighted by Crippen LogP contribution is 2.07. The lowest BCUT2D eigenvalue weighted by Gasteiger charge is -2.14. The molecular formula is C10H21N5O. The molecule has 92 valence electrons. The van der Waals surface area contributed by atoms with Crippen molar-refractivity contribution >= 4 is 11.9 Å². The predicted octanol–water partition coefficient (Wildman–Crippen LogP) is -0.574. The van der Waals surface area contributed by atoms with E-state index in [2.05, 4.69) is 22.7 Å². The Balaban J connectivity index is 2.44. The molecule has 0 aliphatic carbocycles. The summed E-state index contributed by atoms with van der Waals surface area (Å²) >= 11 is 0. The summed E-state index contributed by atoms with van der Waals surface area (Å²) < 4.78 is 0. The number of nitrogens with zero attached hydrogens (tertiary/aromatic N) is 2. The molecular weight excluding hydrogens is 206 g/mol. The van der Waals surface area contributed by atoms with Crippen molar-refractivity contribution in [1.29, 1.82) is 0 Å². The molecule has 1 heterocycles. The van der Waals surface area contributed by atoms with Crippen LogP contribution in [-0.4, -0.2) is 42.9 Å². The van der Waals surface area contributed by atoms with Gasteiger partial charge in [0.05, 0.1) is 0 Å². The molecule has 1 aliphatic heterocycles. The molecule has 1 fully saturated rings. The molecule has 1 atom stereocenters. The van der Waals surface area contributed by atoms with Gasteiger partial charge in [-0.1, -0.05) is 13.3 Å². The Morgan fingerprint density at radius 1 is 1.69 bits per heavy atom. The fourth-order valence-electron chi connectivity index (χ4n) is 1.60. The third kappa shape index (κ3) is 3.37. The summed E-state index contributed by atoms with van der Waals surface area (Å²) in [7, 11) is 1.80. The molecule has 1 amide bonds. The SMILES string of the molecule is CCCCN=C(NN)NC1CCN(C)C1=O. The molecule has 0 bridgehead atoms. The summed E-state index contributed by atoms with van der Waals surface area (Å²) in [6.07, 6.45) is 2.90. The van der Waals surface area contributed by atoms with Gasteiger partial charge in [-0.05, 0) is 12.8 Å². The highest BCUT2D eigenvalue weighted by atomic mass is 16.2. The van der Waals surface area contributed by atoms with E-state index in [1.165, 1.54) is 0 Å². The highest BCUT2D eigenvalue weighted by Gasteiger charge is 2.29. The molecule has 0 aromatic rings. The molecule has 1 unspecified atom stereocenters. The van der Waals surface area contributed by atoms with Crippen molar-refractivity contribution in [3.05, 3.63) is 0 Å². The number of amides is 1. The second-order valence-electron chi connectivity index (χ2n) is 3.97. The molecule has 0 saturated carbocycles. The average Bonchev–Trinajstić information content (AvgIpc) is 2.59. The minimum absolute atomic E-state index is 0.0958. The van der Waals surface area contributed by atoms with Gasteiger partial charge in [0.25, 0.3) is 0 Å². The minimum atomic E-state index is -0.193. The zero-order valence-electron chi connectivity index (χ0n) is 9.99. The number of likely N-dealkylation sites (N-methyl/N-ethyl adjacent to an activating group) is 1. The molecule has 1 aliphatic rings. The van der Waals surface area contributed by atoms with Crippen LogP contribution >= 0.6 is 0 Å². The Kier molecular flexibility index (Phi) is 5.04. The Hall–Kier alpha value is -1.30. The average molecular weight is 227 g/mol. The number of nitrogens with one attached hydrogen (secondary N) is 2. The van der Waals surface area contributed by atoms with E-state index in [1.807, 2.05) is 0 Å². The summed E-state index contributed by atoms with van der Waals surface area (Å²) in [6, 6.07) is -0.193. The standard InChI is InChI=1S/C10H21N5O/c1-3-4-6-12-10(14-11)13-8-5-7-15(2)9(8)16/h8H,3-7,11H2,1-2H3,(H2,12,13,14). The summed E-state index contributed by atoms with van der Waals surface area (Å²) in [6.45, 7) is 3.61. The molecule has 0 spiro atoms. The van der Waals surface area contributed by atoms with Crippen LogP contribution in [0.1, 0.15) is 26.2 Å². The van der Waals surface area contributed by atoms with E-state index in [1.54, 1.807) is 11.9 Å². The number of carbonyl (C=O) groups is 1. The van der Waals surface area contributed by atoms with E-state index in [-0.39, 0.29) is 11.9 Å². The van der Waals surface area contributed by atoms with Gasteiger partial charge in [-0.2, -0.15) is 0 Å². The normalized spacial score (nSPS) is 21.4. The van der Waals surface area contributed by atoms with Gasteiger partial charge in [-0.25, -0.2) is 5.84 Å². The van der Waals surface area contributed by atoms with E-state index in [0.29, 0.717) is 5.96 Å². The fourth-order valence-corrected chi connectivity index (χ4v) is 1.60. The zero-order valence-corrected chi connectivity index (χ0v) is 9.99. The minimum Gasteiger partial charge on any atom is -0.344 e. The molecule has 1 rings (SSSR count). The van der Waals surface area contributed by atoms with Crippen LogP contribution in [-0.2, 0) is 4.79 Å². The van der Waals surface area contributed by atoms with Crippen LogP contribution in [0.2, 0.25) is 0 Å². The topological polar surface area (TPSA) is 82.8 Å². The molecule has 0 aromatic heterocycles. The Labute approximate surface area is 96.2 Å². The van der Waals surface area contributed by atoms with E-state index in [9.17, 15) is 4.79 Å². The van der Waals surface area contributed by atoms with E-state index in [0.717, 1.165) is 32.4 Å². The van der Waals surface area contributed by atoms with Crippen LogP contribution in [0, 0.1) is 0 Å². The first-order chi connectivity index (χ1) is 7.69. The first kappa shape index (κ1) is 12.8. The first-order valence-corrected chi connectivity index (χ1v) is 5.71. The molecule has 0 aromatic carbocycles. The molecule has 6 heteroatoms. The van der Waals surface area contributed by atoms with E-state index < -0.39 is 0 Å². The van der Waals surface area contributed by atoms with Crippen LogP contribution in [0.5, 0.6) is 0 Å². The number of nitrogens with two attached hydrogens (primary N) is 1. The largest absolute Gasteiger partial charge is 0.344 e. The summed E-state index contributed by atoms with van der Waals surface area (Å²) in [5.41, 5.74) is 2.49. The smallest absolute Gasteiger partial charge is 0.244 e. The van der Waals surface area contributed by atoms with E-state index in [4.69, 9.17) is 5.84 Å². The lowest BCUT2D eigenvalue weighted by Crippen LogP contribution is -2.49. The number of guanidine groups is 1. The van der Waals surface area contributed by atoms with Gasteiger partial charge in [0, 0.05) is 20.1 Å². The lowest BCUT2D eigenvalue weighted by molar-refractivity contribution is -0.127. The van der Waals surface area contributed by atoms with Crippen molar-refractivity contribution in [2.45, 2.75) is 32.2 Å². The summed E-state index contributed by atoms with van der Waals surface area (Å²) in [4.78, 5) is 17.6. The van der Waals surface area contributed by atoms with Crippen molar-refractivity contribution in [2.75, 3.05) is 20.1 Å². The summed E-state index contributed by atoms with van der Waals surface area (Å²) in [5.74, 6) is 5.94. The number of hydrogen-bond acceptors (Lipinski definition) is 3. The van der Waals surface area contributed by atoms with Crippen molar-refractivity contribution < 1.29 is 4.79 Å². The van der Waals surface area contributed by atoms with Crippen LogP contribution in [0.3, 0.4) is 0 Å². The monoisotopic (exact) mass is 227 g/mol. The van der Waals surface area contributed by atoms with Crippen molar-refractivity contribution in [3.63, 3.8) is 0 Å². The van der Waals surface area contributed by atoms with Crippen molar-refractivity contribution in [2.24, 2.45) is 10.8 Å². The van der Waals surface area contributed by atoms with Gasteiger partial charge in [0.2, 0.25) is 11.9 Å². The van der Waals surface area contributed by atoms with Crippen LogP contribution in [0.4, 0.5) is 0 Å². The Morgan fingerprint density at radius 2 is 2.44 bits per heavy atom. The first-order valence-electron chi connectivity index (χ1n) is 5.71. The second kappa shape index (κ2) is 6.32. The molecule has 4 N–H and O–H groups in total. The predicted molar refractivity (Wildman–Crippen MR) is 63.7 cm³/mol. The Morgan fingerprint density at radius 3 is 2.94 bits per heavy atom. The maximum atomic E-state index is 11.6. The number of hydrazine groups is 1. The number of aliphatic imine (C=N–C) groups is 1. The maximum absolute atomic E-state index is 11.6. The van der Waals surface area contributed by atoms with E-state index >= 15 is 0 Å². The summed E-state index contributed by atoms with van der Waals surface area (Å²) in [5, 5.41) is 3.03. The number of rotatable bonds is 4. The fraction of sp³-hybridized carbons (Fsp3) is 0.800. The lowest BCUT2D eigenvalue weighted by atomic mass is 10.2. The second-order valence-corrected chi connectivity index (χ2v) is 3.97.